The van der Waals surface area contributed by atoms with Crippen LogP contribution in [0.4, 0.5) is 0 Å². The first-order valence-corrected chi connectivity index (χ1v) is 14.3. The third-order valence-corrected chi connectivity index (χ3v) is 12.4. The zero-order chi connectivity index (χ0) is 23.2. The highest BCUT2D eigenvalue weighted by molar-refractivity contribution is 5.66. The molecule has 6 rings (SSSR count). The van der Waals surface area contributed by atoms with Crippen molar-refractivity contribution >= 4 is 5.97 Å². The minimum atomic E-state index is -0.1000. The number of esters is 1. The quantitative estimate of drug-likeness (QED) is 0.495. The summed E-state index contributed by atoms with van der Waals surface area (Å²) in [6, 6.07) is 0. The van der Waals surface area contributed by atoms with Crippen LogP contribution in [0.15, 0.2) is 0 Å². The third kappa shape index (κ3) is 3.25. The molecule has 4 nitrogen and oxygen atoms in total. The fraction of sp³-hybridized carbons (Fsp3) is 0.966. The normalized spacial score (nSPS) is 57.7. The number of hydrogen-bond donors (Lipinski definition) is 1. The first-order valence-electron chi connectivity index (χ1n) is 14.3. The van der Waals surface area contributed by atoms with E-state index in [1.807, 2.05) is 0 Å². The van der Waals surface area contributed by atoms with E-state index in [-0.39, 0.29) is 17.8 Å². The van der Waals surface area contributed by atoms with Crippen LogP contribution in [0.1, 0.15) is 98.8 Å². The molecule has 0 aromatic heterocycles. The van der Waals surface area contributed by atoms with Crippen molar-refractivity contribution in [2.24, 2.45) is 52.3 Å². The molecule has 0 bridgehead atoms. The topological polar surface area (TPSA) is 47.6 Å². The lowest BCUT2D eigenvalue weighted by Crippen LogP contribution is -2.57. The number of carbonyl (C=O) groups excluding carboxylic acids is 1. The van der Waals surface area contributed by atoms with Crippen LogP contribution in [0.5, 0.6) is 0 Å². The van der Waals surface area contributed by atoms with Crippen LogP contribution in [-0.2, 0) is 14.3 Å². The number of ether oxygens (including phenoxy) is 2. The van der Waals surface area contributed by atoms with E-state index in [2.05, 4.69) is 33.0 Å². The van der Waals surface area contributed by atoms with Crippen molar-refractivity contribution in [1.82, 2.24) is 5.32 Å². The molecule has 1 spiro atoms. The molecular formula is C29H47NO3. The zero-order valence-electron chi connectivity index (χ0n) is 21.7. The summed E-state index contributed by atoms with van der Waals surface area (Å²) < 4.78 is 12.7. The number of piperidine rings is 1. The summed E-state index contributed by atoms with van der Waals surface area (Å²) in [6.45, 7) is 12.8. The maximum absolute atomic E-state index is 11.6. The lowest BCUT2D eigenvalue weighted by atomic mass is 9.44. The average molecular weight is 458 g/mol. The van der Waals surface area contributed by atoms with E-state index in [0.717, 1.165) is 54.9 Å². The van der Waals surface area contributed by atoms with Crippen molar-refractivity contribution in [3.8, 4) is 0 Å². The van der Waals surface area contributed by atoms with E-state index in [9.17, 15) is 4.79 Å². The summed E-state index contributed by atoms with van der Waals surface area (Å²) in [5, 5.41) is 3.89. The van der Waals surface area contributed by atoms with Gasteiger partial charge in [-0.15, -0.1) is 0 Å². The average Bonchev–Trinajstić information content (AvgIpc) is 3.21. The Hall–Kier alpha value is -0.610. The molecule has 4 aliphatic carbocycles. The van der Waals surface area contributed by atoms with Crippen molar-refractivity contribution < 1.29 is 14.3 Å². The van der Waals surface area contributed by atoms with Gasteiger partial charge >= 0.3 is 5.97 Å². The van der Waals surface area contributed by atoms with Crippen LogP contribution in [-0.4, -0.2) is 30.4 Å². The fourth-order valence-electron chi connectivity index (χ4n) is 10.8. The van der Waals surface area contributed by atoms with E-state index in [0.29, 0.717) is 22.9 Å². The SMILES string of the molecule is CC(=O)O[C@H]1CC[C@]2(C)C3CC[C@@]4(C)C(CC5OC6(CCC(C)CN6)C(C)C54)C3CC[C@@H]2C1. The number of hydrogen-bond acceptors (Lipinski definition) is 4. The smallest absolute Gasteiger partial charge is 0.302 e. The Morgan fingerprint density at radius 2 is 1.73 bits per heavy atom. The van der Waals surface area contributed by atoms with Gasteiger partial charge in [-0.25, -0.2) is 0 Å². The lowest BCUT2D eigenvalue weighted by Gasteiger charge is -2.61. The Labute approximate surface area is 201 Å². The largest absolute Gasteiger partial charge is 0.463 e. The summed E-state index contributed by atoms with van der Waals surface area (Å²) in [5.41, 5.74) is 0.830. The zero-order valence-corrected chi connectivity index (χ0v) is 21.7. The van der Waals surface area contributed by atoms with Gasteiger partial charge in [0, 0.05) is 19.4 Å². The predicted octanol–water partition coefficient (Wildman–Crippen LogP) is 5.94. The van der Waals surface area contributed by atoms with Gasteiger partial charge in [0.05, 0.1) is 6.10 Å². The highest BCUT2D eigenvalue weighted by Crippen LogP contribution is 2.71. The Kier molecular flexibility index (Phi) is 5.32. The summed E-state index contributed by atoms with van der Waals surface area (Å²) in [5.74, 6) is 5.29. The molecule has 0 aromatic carbocycles. The number of fused-ring (bicyclic) bond motifs is 7. The van der Waals surface area contributed by atoms with Gasteiger partial charge in [0.1, 0.15) is 11.8 Å². The third-order valence-electron chi connectivity index (χ3n) is 12.4. The molecule has 6 aliphatic rings. The Morgan fingerprint density at radius 3 is 2.45 bits per heavy atom. The van der Waals surface area contributed by atoms with Crippen molar-refractivity contribution in [2.45, 2.75) is 117 Å². The molecule has 2 aliphatic heterocycles. The fourth-order valence-corrected chi connectivity index (χ4v) is 10.8. The minimum absolute atomic E-state index is 0.0502. The second kappa shape index (κ2) is 7.69. The minimum Gasteiger partial charge on any atom is -0.463 e. The molecule has 6 fully saturated rings. The van der Waals surface area contributed by atoms with Crippen molar-refractivity contribution in [3.05, 3.63) is 0 Å². The first-order chi connectivity index (χ1) is 15.7. The van der Waals surface area contributed by atoms with Gasteiger partial charge in [-0.05, 0) is 111 Å². The molecule has 4 heteroatoms. The molecule has 12 atom stereocenters. The Morgan fingerprint density at radius 1 is 0.939 bits per heavy atom. The van der Waals surface area contributed by atoms with E-state index in [4.69, 9.17) is 9.47 Å². The molecule has 0 amide bonds. The van der Waals surface area contributed by atoms with E-state index >= 15 is 0 Å². The molecule has 4 saturated carbocycles. The standard InChI is InChI=1S/C29H47NO3/c1-17-8-13-29(30-16-17)18(2)26-25(33-29)15-24-22-7-6-20-14-21(32-19(3)31)9-11-27(20,4)23(22)10-12-28(24,26)5/h17-18,20-26,30H,6-16H2,1-5H3/t17?,18?,20-,21+,22?,23?,24?,25?,26?,27+,28+,29?/m1/s1. The second-order valence-corrected chi connectivity index (χ2v) is 13.8. The highest BCUT2D eigenvalue weighted by Gasteiger charge is 2.68. The van der Waals surface area contributed by atoms with Crippen LogP contribution in [0.25, 0.3) is 0 Å². The van der Waals surface area contributed by atoms with Crippen LogP contribution in [0, 0.1) is 52.3 Å². The van der Waals surface area contributed by atoms with Crippen LogP contribution >= 0.6 is 0 Å². The lowest BCUT2D eigenvalue weighted by molar-refractivity contribution is -0.162. The van der Waals surface area contributed by atoms with Crippen molar-refractivity contribution in [3.63, 3.8) is 0 Å². The van der Waals surface area contributed by atoms with Crippen molar-refractivity contribution in [2.75, 3.05) is 6.54 Å². The summed E-state index contributed by atoms with van der Waals surface area (Å²) in [4.78, 5) is 11.6. The molecule has 186 valence electrons. The number of nitrogens with one attached hydrogen (secondary N) is 1. The van der Waals surface area contributed by atoms with Crippen LogP contribution in [0.2, 0.25) is 0 Å². The number of rotatable bonds is 1. The Balaban J connectivity index is 1.21. The van der Waals surface area contributed by atoms with Gasteiger partial charge in [-0.3, -0.25) is 10.1 Å². The van der Waals surface area contributed by atoms with Gasteiger partial charge < -0.3 is 9.47 Å². The van der Waals surface area contributed by atoms with E-state index in [1.165, 1.54) is 51.4 Å². The molecule has 8 unspecified atom stereocenters. The molecule has 2 heterocycles. The molecule has 1 N–H and O–H groups in total. The summed E-state index contributed by atoms with van der Waals surface area (Å²) >= 11 is 0. The summed E-state index contributed by atoms with van der Waals surface area (Å²) in [6.07, 6.45) is 13.3. The maximum atomic E-state index is 11.6. The van der Waals surface area contributed by atoms with Crippen LogP contribution < -0.4 is 5.32 Å². The molecule has 0 radical (unpaired) electrons. The number of carbonyl (C=O) groups is 1. The summed E-state index contributed by atoms with van der Waals surface area (Å²) in [7, 11) is 0. The monoisotopic (exact) mass is 457 g/mol. The molecule has 33 heavy (non-hydrogen) atoms. The van der Waals surface area contributed by atoms with Crippen LogP contribution in [0.3, 0.4) is 0 Å². The van der Waals surface area contributed by atoms with Gasteiger partial charge in [0.2, 0.25) is 0 Å². The van der Waals surface area contributed by atoms with Gasteiger partial charge in [0.25, 0.3) is 0 Å². The molecule has 0 aromatic rings. The van der Waals surface area contributed by atoms with Crippen molar-refractivity contribution in [1.29, 1.82) is 0 Å². The second-order valence-electron chi connectivity index (χ2n) is 13.8. The molecule has 2 saturated heterocycles. The van der Waals surface area contributed by atoms with Gasteiger partial charge in [-0.2, -0.15) is 0 Å². The van der Waals surface area contributed by atoms with E-state index < -0.39 is 0 Å². The maximum Gasteiger partial charge on any atom is 0.302 e. The Bertz CT molecular complexity index is 790. The first kappa shape index (κ1) is 22.8. The highest BCUT2D eigenvalue weighted by atomic mass is 16.5. The predicted molar refractivity (Wildman–Crippen MR) is 129 cm³/mol. The van der Waals surface area contributed by atoms with E-state index in [1.54, 1.807) is 6.92 Å². The molecular weight excluding hydrogens is 410 g/mol. The van der Waals surface area contributed by atoms with Gasteiger partial charge in [-0.1, -0.05) is 27.7 Å². The van der Waals surface area contributed by atoms with Gasteiger partial charge in [0.15, 0.2) is 0 Å².